The van der Waals surface area contributed by atoms with Crippen molar-refractivity contribution in [3.8, 4) is 10.6 Å². The van der Waals surface area contributed by atoms with Crippen molar-refractivity contribution >= 4 is 44.2 Å². The fraction of sp³-hybridized carbons (Fsp3) is 0.474. The Hall–Kier alpha value is -1.80. The Morgan fingerprint density at radius 3 is 2.78 bits per heavy atom. The molecule has 0 spiro atoms. The van der Waals surface area contributed by atoms with E-state index in [1.54, 1.807) is 4.90 Å². The van der Waals surface area contributed by atoms with Crippen LogP contribution < -0.4 is 5.32 Å². The van der Waals surface area contributed by atoms with Gasteiger partial charge in [0.2, 0.25) is 16.9 Å². The maximum Gasteiger partial charge on any atom is 0.249 e. The van der Waals surface area contributed by atoms with Crippen molar-refractivity contribution in [3.63, 3.8) is 0 Å². The van der Waals surface area contributed by atoms with E-state index in [-0.39, 0.29) is 11.8 Å². The molecule has 144 valence electrons. The van der Waals surface area contributed by atoms with E-state index >= 15 is 0 Å². The predicted octanol–water partition coefficient (Wildman–Crippen LogP) is 4.48. The van der Waals surface area contributed by atoms with Gasteiger partial charge >= 0.3 is 0 Å². The van der Waals surface area contributed by atoms with Crippen molar-refractivity contribution < 1.29 is 9.59 Å². The zero-order valence-corrected chi connectivity index (χ0v) is 17.7. The molecule has 6 nitrogen and oxygen atoms in total. The zero-order chi connectivity index (χ0) is 19.2. The molecule has 0 saturated carbocycles. The third-order valence-electron chi connectivity index (χ3n) is 4.62. The molecule has 1 aliphatic rings. The van der Waals surface area contributed by atoms with Crippen LogP contribution >= 0.6 is 27.3 Å². The van der Waals surface area contributed by atoms with Crippen molar-refractivity contribution in [1.29, 1.82) is 0 Å². The van der Waals surface area contributed by atoms with Gasteiger partial charge < -0.3 is 4.90 Å². The molecule has 0 bridgehead atoms. The fourth-order valence-electron chi connectivity index (χ4n) is 3.18. The normalized spacial score (nSPS) is 16.5. The standard InChI is InChI=1S/C19H23BrN4O2S/c1-2-3-4-7-16(25)24-12-5-6-15(24)17(26)21-19-23-22-18(27-19)13-8-10-14(20)11-9-13/h8-11,15H,2-7,12H2,1H3,(H,21,23,26). The second-order valence-corrected chi connectivity index (χ2v) is 8.50. The quantitative estimate of drug-likeness (QED) is 0.630. The molecule has 2 aromatic rings. The smallest absolute Gasteiger partial charge is 0.249 e. The number of unbranched alkanes of at least 4 members (excludes halogenated alkanes) is 2. The maximum atomic E-state index is 12.7. The van der Waals surface area contributed by atoms with Gasteiger partial charge in [-0.1, -0.05) is 59.2 Å². The molecule has 1 aromatic heterocycles. The van der Waals surface area contributed by atoms with Gasteiger partial charge in [0.05, 0.1) is 0 Å². The number of likely N-dealkylation sites (tertiary alicyclic amines) is 1. The van der Waals surface area contributed by atoms with Gasteiger partial charge in [-0.15, -0.1) is 10.2 Å². The summed E-state index contributed by atoms with van der Waals surface area (Å²) in [4.78, 5) is 26.8. The molecule has 1 fully saturated rings. The van der Waals surface area contributed by atoms with E-state index in [9.17, 15) is 9.59 Å². The molecule has 1 unspecified atom stereocenters. The molecule has 1 atom stereocenters. The lowest BCUT2D eigenvalue weighted by Gasteiger charge is -2.23. The van der Waals surface area contributed by atoms with Crippen LogP contribution in [0, 0.1) is 0 Å². The van der Waals surface area contributed by atoms with Crippen LogP contribution in [0.4, 0.5) is 5.13 Å². The highest BCUT2D eigenvalue weighted by Gasteiger charge is 2.34. The molecule has 3 rings (SSSR count). The van der Waals surface area contributed by atoms with Crippen molar-refractivity contribution in [1.82, 2.24) is 15.1 Å². The van der Waals surface area contributed by atoms with Crippen molar-refractivity contribution in [2.75, 3.05) is 11.9 Å². The molecular formula is C19H23BrN4O2S. The number of carbonyl (C=O) groups excluding carboxylic acids is 2. The third-order valence-corrected chi connectivity index (χ3v) is 6.03. The largest absolute Gasteiger partial charge is 0.331 e. The van der Waals surface area contributed by atoms with E-state index < -0.39 is 6.04 Å². The topological polar surface area (TPSA) is 75.2 Å². The summed E-state index contributed by atoms with van der Waals surface area (Å²) < 4.78 is 0.995. The van der Waals surface area contributed by atoms with E-state index in [4.69, 9.17) is 0 Å². The van der Waals surface area contributed by atoms with Gasteiger partial charge in [0.15, 0.2) is 0 Å². The molecule has 1 saturated heterocycles. The Kier molecular flexibility index (Phi) is 6.95. The zero-order valence-electron chi connectivity index (χ0n) is 15.3. The summed E-state index contributed by atoms with van der Waals surface area (Å²) in [5.74, 6) is -0.0937. The first kappa shape index (κ1) is 19.9. The summed E-state index contributed by atoms with van der Waals surface area (Å²) in [5.41, 5.74) is 0.949. The molecule has 0 aliphatic carbocycles. The van der Waals surface area contributed by atoms with Crippen LogP contribution in [-0.4, -0.2) is 39.5 Å². The minimum Gasteiger partial charge on any atom is -0.331 e. The van der Waals surface area contributed by atoms with Crippen molar-refractivity contribution in [2.24, 2.45) is 0 Å². The average Bonchev–Trinajstić information content (AvgIpc) is 3.32. The third kappa shape index (κ3) is 5.13. The lowest BCUT2D eigenvalue weighted by atomic mass is 10.1. The van der Waals surface area contributed by atoms with Crippen LogP contribution in [-0.2, 0) is 9.59 Å². The van der Waals surface area contributed by atoms with Gasteiger partial charge in [0.25, 0.3) is 0 Å². The Labute approximate surface area is 171 Å². The van der Waals surface area contributed by atoms with Crippen LogP contribution in [0.2, 0.25) is 0 Å². The van der Waals surface area contributed by atoms with Gasteiger partial charge in [-0.05, 0) is 31.4 Å². The Morgan fingerprint density at radius 2 is 2.04 bits per heavy atom. The minimum absolute atomic E-state index is 0.0777. The summed E-state index contributed by atoms with van der Waals surface area (Å²) in [7, 11) is 0. The summed E-state index contributed by atoms with van der Waals surface area (Å²) in [5, 5.41) is 12.3. The summed E-state index contributed by atoms with van der Waals surface area (Å²) >= 11 is 4.74. The van der Waals surface area contributed by atoms with E-state index in [2.05, 4.69) is 38.4 Å². The number of rotatable bonds is 7. The number of anilines is 1. The number of halogens is 1. The molecule has 1 aliphatic heterocycles. The summed E-state index contributed by atoms with van der Waals surface area (Å²) in [6, 6.07) is 7.37. The van der Waals surface area contributed by atoms with Gasteiger partial charge in [0, 0.05) is 23.0 Å². The molecule has 8 heteroatoms. The number of carbonyl (C=O) groups is 2. The van der Waals surface area contributed by atoms with E-state index in [0.717, 1.165) is 40.7 Å². The number of amides is 2. The summed E-state index contributed by atoms with van der Waals surface area (Å²) in [6.45, 7) is 2.77. The molecule has 0 radical (unpaired) electrons. The molecule has 1 N–H and O–H groups in total. The van der Waals surface area contributed by atoms with Gasteiger partial charge in [-0.25, -0.2) is 0 Å². The lowest BCUT2D eigenvalue weighted by molar-refractivity contribution is -0.136. The molecular weight excluding hydrogens is 428 g/mol. The molecule has 27 heavy (non-hydrogen) atoms. The Morgan fingerprint density at radius 1 is 1.26 bits per heavy atom. The Bertz CT molecular complexity index is 793. The first-order valence-electron chi connectivity index (χ1n) is 9.28. The van der Waals surface area contributed by atoms with Crippen molar-refractivity contribution in [3.05, 3.63) is 28.7 Å². The second-order valence-electron chi connectivity index (χ2n) is 6.61. The van der Waals surface area contributed by atoms with Gasteiger partial charge in [0.1, 0.15) is 11.0 Å². The maximum absolute atomic E-state index is 12.7. The first-order valence-corrected chi connectivity index (χ1v) is 10.9. The predicted molar refractivity (Wildman–Crippen MR) is 111 cm³/mol. The number of hydrogen-bond donors (Lipinski definition) is 1. The molecule has 2 heterocycles. The number of benzene rings is 1. The van der Waals surface area contributed by atoms with Crippen molar-refractivity contribution in [2.45, 2.75) is 51.5 Å². The highest BCUT2D eigenvalue weighted by Crippen LogP contribution is 2.28. The van der Waals surface area contributed by atoms with E-state index in [1.807, 2.05) is 24.3 Å². The lowest BCUT2D eigenvalue weighted by Crippen LogP contribution is -2.43. The molecule has 2 amide bonds. The Balaban J connectivity index is 1.61. The van der Waals surface area contributed by atoms with Crippen LogP contribution in [0.1, 0.15) is 45.4 Å². The highest BCUT2D eigenvalue weighted by atomic mass is 79.9. The van der Waals surface area contributed by atoms with E-state index in [1.165, 1.54) is 11.3 Å². The number of nitrogens with one attached hydrogen (secondary N) is 1. The van der Waals surface area contributed by atoms with E-state index in [0.29, 0.717) is 24.5 Å². The van der Waals surface area contributed by atoms with Gasteiger partial charge in [-0.3, -0.25) is 14.9 Å². The SMILES string of the molecule is CCCCCC(=O)N1CCCC1C(=O)Nc1nnc(-c2ccc(Br)cc2)s1. The highest BCUT2D eigenvalue weighted by molar-refractivity contribution is 9.10. The average molecular weight is 451 g/mol. The van der Waals surface area contributed by atoms with Crippen LogP contribution in [0.5, 0.6) is 0 Å². The van der Waals surface area contributed by atoms with Crippen LogP contribution in [0.3, 0.4) is 0 Å². The molecule has 1 aromatic carbocycles. The number of nitrogens with zero attached hydrogens (tertiary/aromatic N) is 3. The van der Waals surface area contributed by atoms with Gasteiger partial charge in [-0.2, -0.15) is 0 Å². The number of aromatic nitrogens is 2. The summed E-state index contributed by atoms with van der Waals surface area (Å²) in [6.07, 6.45) is 5.08. The van der Waals surface area contributed by atoms with Crippen LogP contribution in [0.25, 0.3) is 10.6 Å². The first-order chi connectivity index (χ1) is 13.1. The second kappa shape index (κ2) is 9.41. The van der Waals surface area contributed by atoms with Crippen LogP contribution in [0.15, 0.2) is 28.7 Å². The monoisotopic (exact) mass is 450 g/mol. The fourth-order valence-corrected chi connectivity index (χ4v) is 4.20. The minimum atomic E-state index is -0.404. The number of hydrogen-bond acceptors (Lipinski definition) is 5.